The lowest BCUT2D eigenvalue weighted by Gasteiger charge is -2.35. The van der Waals surface area contributed by atoms with Crippen molar-refractivity contribution in [3.63, 3.8) is 0 Å². The van der Waals surface area contributed by atoms with E-state index in [-0.39, 0.29) is 5.54 Å². The topological polar surface area (TPSA) is 26.0 Å². The molecule has 0 spiro atoms. The van der Waals surface area contributed by atoms with Gasteiger partial charge in [0, 0.05) is 5.54 Å². The predicted octanol–water partition coefficient (Wildman–Crippen LogP) is 3.42. The van der Waals surface area contributed by atoms with Crippen molar-refractivity contribution in [3.8, 4) is 0 Å². The average molecular weight is 203 g/mol. The quantitative estimate of drug-likeness (QED) is 0.743. The van der Waals surface area contributed by atoms with Gasteiger partial charge in [-0.1, -0.05) is 43.0 Å². The molecule has 1 fully saturated rings. The number of aryl methyl sites for hydroxylation is 2. The van der Waals surface area contributed by atoms with Gasteiger partial charge in [-0.05, 0) is 37.8 Å². The molecular weight excluding hydrogens is 182 g/mol. The molecular formula is C14H21N. The standard InChI is InChI=1S/C14H21N/c1-11-6-7-12(2)13(10-11)14(15)8-4-3-5-9-14/h6-7,10H,3-5,8-9,15H2,1-2H3. The molecule has 1 aromatic carbocycles. The van der Waals surface area contributed by atoms with E-state index >= 15 is 0 Å². The molecule has 15 heavy (non-hydrogen) atoms. The predicted molar refractivity (Wildman–Crippen MR) is 64.9 cm³/mol. The SMILES string of the molecule is Cc1ccc(C)c(C2(N)CCCCC2)c1. The summed E-state index contributed by atoms with van der Waals surface area (Å²) in [5, 5.41) is 0. The van der Waals surface area contributed by atoms with Crippen LogP contribution in [-0.4, -0.2) is 0 Å². The highest BCUT2D eigenvalue weighted by Gasteiger charge is 2.30. The summed E-state index contributed by atoms with van der Waals surface area (Å²) in [5.41, 5.74) is 10.6. The zero-order chi connectivity index (χ0) is 10.9. The Balaban J connectivity index is 2.38. The Morgan fingerprint density at radius 2 is 1.73 bits per heavy atom. The molecule has 0 unspecified atom stereocenters. The Hall–Kier alpha value is -0.820. The summed E-state index contributed by atoms with van der Waals surface area (Å²) in [6.45, 7) is 4.33. The Morgan fingerprint density at radius 3 is 2.40 bits per heavy atom. The van der Waals surface area contributed by atoms with Gasteiger partial charge in [0.2, 0.25) is 0 Å². The molecule has 0 bridgehead atoms. The number of nitrogens with two attached hydrogens (primary N) is 1. The van der Waals surface area contributed by atoms with E-state index in [0.29, 0.717) is 0 Å². The molecule has 1 nitrogen and oxygen atoms in total. The molecule has 1 heteroatoms. The Labute approximate surface area is 92.7 Å². The second-order valence-electron chi connectivity index (χ2n) is 5.04. The van der Waals surface area contributed by atoms with Gasteiger partial charge in [-0.3, -0.25) is 0 Å². The molecule has 0 amide bonds. The average Bonchev–Trinajstić information content (AvgIpc) is 2.23. The fourth-order valence-corrected chi connectivity index (χ4v) is 2.72. The maximum absolute atomic E-state index is 6.55. The van der Waals surface area contributed by atoms with E-state index in [1.807, 2.05) is 0 Å². The zero-order valence-corrected chi connectivity index (χ0v) is 9.84. The van der Waals surface area contributed by atoms with Crippen molar-refractivity contribution in [2.45, 2.75) is 51.5 Å². The number of hydrogen-bond acceptors (Lipinski definition) is 1. The maximum Gasteiger partial charge on any atom is 0.0412 e. The Kier molecular flexibility index (Phi) is 2.83. The van der Waals surface area contributed by atoms with Gasteiger partial charge in [0.1, 0.15) is 0 Å². The molecule has 0 atom stereocenters. The lowest BCUT2D eigenvalue weighted by molar-refractivity contribution is 0.301. The first-order chi connectivity index (χ1) is 7.12. The molecule has 0 aromatic heterocycles. The number of rotatable bonds is 1. The smallest absolute Gasteiger partial charge is 0.0412 e. The summed E-state index contributed by atoms with van der Waals surface area (Å²) in [6.07, 6.45) is 6.21. The second-order valence-corrected chi connectivity index (χ2v) is 5.04. The van der Waals surface area contributed by atoms with Crippen molar-refractivity contribution in [2.75, 3.05) is 0 Å². The lowest BCUT2D eigenvalue weighted by Crippen LogP contribution is -2.39. The van der Waals surface area contributed by atoms with E-state index in [1.54, 1.807) is 0 Å². The highest BCUT2D eigenvalue weighted by molar-refractivity contribution is 5.36. The van der Waals surface area contributed by atoms with Gasteiger partial charge in [-0.15, -0.1) is 0 Å². The molecule has 1 aliphatic rings. The third-order valence-electron chi connectivity index (χ3n) is 3.68. The molecule has 2 N–H and O–H groups in total. The monoisotopic (exact) mass is 203 g/mol. The van der Waals surface area contributed by atoms with Crippen LogP contribution < -0.4 is 5.73 Å². The van der Waals surface area contributed by atoms with Crippen LogP contribution in [0.5, 0.6) is 0 Å². The first-order valence-electron chi connectivity index (χ1n) is 5.98. The summed E-state index contributed by atoms with van der Waals surface area (Å²) in [7, 11) is 0. The van der Waals surface area contributed by atoms with Crippen molar-refractivity contribution < 1.29 is 0 Å². The molecule has 0 saturated heterocycles. The van der Waals surface area contributed by atoms with Gasteiger partial charge in [0.25, 0.3) is 0 Å². The largest absolute Gasteiger partial charge is 0.321 e. The molecule has 0 aliphatic heterocycles. The lowest BCUT2D eigenvalue weighted by atomic mass is 9.75. The van der Waals surface area contributed by atoms with Gasteiger partial charge in [0.15, 0.2) is 0 Å². The van der Waals surface area contributed by atoms with Crippen LogP contribution in [0.15, 0.2) is 18.2 Å². The van der Waals surface area contributed by atoms with Gasteiger partial charge >= 0.3 is 0 Å². The van der Waals surface area contributed by atoms with Crippen molar-refractivity contribution in [3.05, 3.63) is 34.9 Å². The van der Waals surface area contributed by atoms with Gasteiger partial charge in [0.05, 0.1) is 0 Å². The van der Waals surface area contributed by atoms with Crippen LogP contribution in [0, 0.1) is 13.8 Å². The summed E-state index contributed by atoms with van der Waals surface area (Å²) in [6, 6.07) is 6.65. The molecule has 2 rings (SSSR count). The van der Waals surface area contributed by atoms with E-state index in [0.717, 1.165) is 12.8 Å². The minimum Gasteiger partial charge on any atom is -0.321 e. The minimum atomic E-state index is -0.0473. The van der Waals surface area contributed by atoms with Crippen LogP contribution in [0.2, 0.25) is 0 Å². The van der Waals surface area contributed by atoms with Crippen LogP contribution in [0.1, 0.15) is 48.8 Å². The molecule has 1 aliphatic carbocycles. The molecule has 0 heterocycles. The van der Waals surface area contributed by atoms with Gasteiger partial charge in [-0.25, -0.2) is 0 Å². The van der Waals surface area contributed by atoms with Crippen LogP contribution in [-0.2, 0) is 5.54 Å². The third kappa shape index (κ3) is 2.07. The third-order valence-corrected chi connectivity index (χ3v) is 3.68. The number of hydrogen-bond donors (Lipinski definition) is 1. The molecule has 82 valence electrons. The fourth-order valence-electron chi connectivity index (χ4n) is 2.72. The normalized spacial score (nSPS) is 20.2. The highest BCUT2D eigenvalue weighted by Crippen LogP contribution is 2.36. The van der Waals surface area contributed by atoms with E-state index in [4.69, 9.17) is 5.73 Å². The van der Waals surface area contributed by atoms with Gasteiger partial charge in [-0.2, -0.15) is 0 Å². The van der Waals surface area contributed by atoms with Crippen molar-refractivity contribution in [2.24, 2.45) is 5.73 Å². The number of benzene rings is 1. The van der Waals surface area contributed by atoms with E-state index in [1.165, 1.54) is 36.0 Å². The van der Waals surface area contributed by atoms with Crippen LogP contribution in [0.3, 0.4) is 0 Å². The highest BCUT2D eigenvalue weighted by atomic mass is 14.7. The second kappa shape index (κ2) is 3.97. The van der Waals surface area contributed by atoms with Crippen LogP contribution >= 0.6 is 0 Å². The van der Waals surface area contributed by atoms with Crippen LogP contribution in [0.4, 0.5) is 0 Å². The zero-order valence-electron chi connectivity index (χ0n) is 9.84. The van der Waals surface area contributed by atoms with Crippen LogP contribution in [0.25, 0.3) is 0 Å². The van der Waals surface area contributed by atoms with E-state index in [9.17, 15) is 0 Å². The minimum absolute atomic E-state index is 0.0473. The van der Waals surface area contributed by atoms with Gasteiger partial charge < -0.3 is 5.73 Å². The van der Waals surface area contributed by atoms with Crippen molar-refractivity contribution in [1.82, 2.24) is 0 Å². The van der Waals surface area contributed by atoms with E-state index < -0.39 is 0 Å². The van der Waals surface area contributed by atoms with Crippen molar-refractivity contribution >= 4 is 0 Å². The van der Waals surface area contributed by atoms with Crippen molar-refractivity contribution in [1.29, 1.82) is 0 Å². The first-order valence-corrected chi connectivity index (χ1v) is 5.98. The Morgan fingerprint density at radius 1 is 1.07 bits per heavy atom. The molecule has 1 saturated carbocycles. The summed E-state index contributed by atoms with van der Waals surface area (Å²) in [5.74, 6) is 0. The van der Waals surface area contributed by atoms with E-state index in [2.05, 4.69) is 32.0 Å². The summed E-state index contributed by atoms with van der Waals surface area (Å²) < 4.78 is 0. The molecule has 1 aromatic rings. The maximum atomic E-state index is 6.55. The summed E-state index contributed by atoms with van der Waals surface area (Å²) >= 11 is 0. The first kappa shape index (κ1) is 10.7. The summed E-state index contributed by atoms with van der Waals surface area (Å²) in [4.78, 5) is 0. The fraction of sp³-hybridized carbons (Fsp3) is 0.571. The Bertz CT molecular complexity index is 348. The molecule has 0 radical (unpaired) electrons.